The lowest BCUT2D eigenvalue weighted by atomic mass is 9.67. The number of hydrogen-bond acceptors (Lipinski definition) is 4. The summed E-state index contributed by atoms with van der Waals surface area (Å²) in [7, 11) is 0. The first-order valence-electron chi connectivity index (χ1n) is 6.97. The summed E-state index contributed by atoms with van der Waals surface area (Å²) in [5.74, 6) is 0.384. The van der Waals surface area contributed by atoms with Gasteiger partial charge in [0.15, 0.2) is 0 Å². The van der Waals surface area contributed by atoms with E-state index >= 15 is 0 Å². The third kappa shape index (κ3) is 2.77. The smallest absolute Gasteiger partial charge is 0.211 e. The van der Waals surface area contributed by atoms with Gasteiger partial charge in [-0.15, -0.1) is 0 Å². The Morgan fingerprint density at radius 2 is 1.72 bits per heavy atom. The topological polar surface area (TPSA) is 58.9 Å². The van der Waals surface area contributed by atoms with E-state index in [4.69, 9.17) is 0 Å². The fraction of sp³-hybridized carbons (Fsp3) is 0.857. The van der Waals surface area contributed by atoms with E-state index in [1.807, 2.05) is 0 Å². The second-order valence-electron chi connectivity index (χ2n) is 5.61. The van der Waals surface area contributed by atoms with Gasteiger partial charge in [-0.25, -0.2) is 14.6 Å². The third-order valence-electron chi connectivity index (χ3n) is 4.63. The molecule has 2 atom stereocenters. The molecule has 4 heteroatoms. The zero-order valence-electron chi connectivity index (χ0n) is 10.7. The number of carbonyl (C=O) groups excluding carboxylic acids is 2. The Balaban J connectivity index is 2.14. The molecule has 18 heavy (non-hydrogen) atoms. The maximum absolute atomic E-state index is 10.8. The lowest BCUT2D eigenvalue weighted by Gasteiger charge is -2.42. The molecule has 0 bridgehead atoms. The van der Waals surface area contributed by atoms with Crippen LogP contribution in [0.25, 0.3) is 0 Å². The normalized spacial score (nSPS) is 30.9. The average molecular weight is 248 g/mol. The van der Waals surface area contributed by atoms with Gasteiger partial charge in [-0.2, -0.15) is 4.99 Å². The highest BCUT2D eigenvalue weighted by atomic mass is 16.1. The van der Waals surface area contributed by atoms with Crippen molar-refractivity contribution in [1.29, 1.82) is 0 Å². The molecule has 2 unspecified atom stereocenters. The molecule has 2 aliphatic rings. The molecule has 0 N–H and O–H groups in total. The maximum atomic E-state index is 10.8. The van der Waals surface area contributed by atoms with Crippen molar-refractivity contribution in [2.75, 3.05) is 0 Å². The molecule has 2 fully saturated rings. The second kappa shape index (κ2) is 6.08. The highest BCUT2D eigenvalue weighted by molar-refractivity contribution is 5.36. The first-order valence-corrected chi connectivity index (χ1v) is 6.97. The van der Waals surface area contributed by atoms with E-state index in [9.17, 15) is 9.59 Å². The van der Waals surface area contributed by atoms with Gasteiger partial charge in [0.05, 0.1) is 11.6 Å². The number of rotatable bonds is 3. The van der Waals surface area contributed by atoms with E-state index in [-0.39, 0.29) is 11.6 Å². The molecule has 0 spiro atoms. The molecule has 0 aromatic heterocycles. The van der Waals surface area contributed by atoms with Crippen LogP contribution in [-0.2, 0) is 9.59 Å². The Morgan fingerprint density at radius 3 is 2.39 bits per heavy atom. The minimum Gasteiger partial charge on any atom is -0.211 e. The van der Waals surface area contributed by atoms with Gasteiger partial charge < -0.3 is 0 Å². The molecule has 0 amide bonds. The molecule has 0 heterocycles. The molecule has 4 nitrogen and oxygen atoms in total. The minimum absolute atomic E-state index is 0.0851. The van der Waals surface area contributed by atoms with Crippen molar-refractivity contribution in [3.63, 3.8) is 0 Å². The second-order valence-corrected chi connectivity index (χ2v) is 5.61. The third-order valence-corrected chi connectivity index (χ3v) is 4.63. The number of isocyanates is 2. The van der Waals surface area contributed by atoms with E-state index in [0.717, 1.165) is 51.4 Å². The van der Waals surface area contributed by atoms with Crippen LogP contribution in [-0.4, -0.2) is 23.7 Å². The summed E-state index contributed by atoms with van der Waals surface area (Å²) >= 11 is 0. The fourth-order valence-electron chi connectivity index (χ4n) is 3.71. The summed E-state index contributed by atoms with van der Waals surface area (Å²) in [5.41, 5.74) is -0.211. The molecular formula is C14H20N2O2. The van der Waals surface area contributed by atoms with Gasteiger partial charge in [0.2, 0.25) is 12.2 Å². The lowest BCUT2D eigenvalue weighted by Crippen LogP contribution is -2.41. The van der Waals surface area contributed by atoms with E-state index in [1.54, 1.807) is 12.2 Å². The first kappa shape index (κ1) is 13.2. The molecule has 0 aromatic carbocycles. The van der Waals surface area contributed by atoms with Gasteiger partial charge in [-0.1, -0.05) is 25.7 Å². The van der Waals surface area contributed by atoms with Crippen LogP contribution in [0.15, 0.2) is 9.98 Å². The number of nitrogens with zero attached hydrogens (tertiary/aromatic N) is 2. The van der Waals surface area contributed by atoms with Crippen molar-refractivity contribution in [2.24, 2.45) is 15.9 Å². The molecule has 2 saturated carbocycles. The van der Waals surface area contributed by atoms with E-state index in [1.165, 1.54) is 6.42 Å². The number of aliphatic imine (C=N–C) groups is 2. The molecular weight excluding hydrogens is 228 g/mol. The van der Waals surface area contributed by atoms with Gasteiger partial charge in [0.1, 0.15) is 0 Å². The van der Waals surface area contributed by atoms with Crippen LogP contribution in [0.5, 0.6) is 0 Å². The van der Waals surface area contributed by atoms with Crippen LogP contribution < -0.4 is 0 Å². The lowest BCUT2D eigenvalue weighted by molar-refractivity contribution is 0.147. The zero-order chi connectivity index (χ0) is 12.8. The largest absolute Gasteiger partial charge is 0.235 e. The standard InChI is InChI=1S/C14H20N2O2/c17-10-15-13-6-4-5-12(9-13)14(16-11-18)7-2-1-3-8-14/h12-13H,1-9H2. The highest BCUT2D eigenvalue weighted by Gasteiger charge is 2.42. The molecule has 2 rings (SSSR count). The van der Waals surface area contributed by atoms with Gasteiger partial charge in [0.25, 0.3) is 0 Å². The highest BCUT2D eigenvalue weighted by Crippen LogP contribution is 2.44. The van der Waals surface area contributed by atoms with Crippen molar-refractivity contribution in [3.05, 3.63) is 0 Å². The molecule has 0 aromatic rings. The van der Waals surface area contributed by atoms with E-state index in [0.29, 0.717) is 5.92 Å². The predicted molar refractivity (Wildman–Crippen MR) is 67.8 cm³/mol. The Morgan fingerprint density at radius 1 is 0.944 bits per heavy atom. The van der Waals surface area contributed by atoms with Gasteiger partial charge in [-0.3, -0.25) is 0 Å². The van der Waals surface area contributed by atoms with Crippen molar-refractivity contribution < 1.29 is 9.59 Å². The summed E-state index contributed by atoms with van der Waals surface area (Å²) in [6, 6.07) is 0.0851. The quantitative estimate of drug-likeness (QED) is 0.569. The van der Waals surface area contributed by atoms with Crippen LogP contribution in [0.2, 0.25) is 0 Å². The van der Waals surface area contributed by atoms with Gasteiger partial charge in [0, 0.05) is 0 Å². The summed E-state index contributed by atoms with van der Waals surface area (Å²) < 4.78 is 0. The first-order chi connectivity index (χ1) is 8.80. The summed E-state index contributed by atoms with van der Waals surface area (Å²) in [6.45, 7) is 0. The number of hydrogen-bond donors (Lipinski definition) is 0. The summed E-state index contributed by atoms with van der Waals surface area (Å²) in [5, 5.41) is 0. The molecule has 2 aliphatic carbocycles. The molecule has 0 saturated heterocycles. The van der Waals surface area contributed by atoms with Crippen molar-refractivity contribution in [3.8, 4) is 0 Å². The molecule has 0 aliphatic heterocycles. The Hall–Kier alpha value is -1.24. The van der Waals surface area contributed by atoms with Crippen LogP contribution in [0.1, 0.15) is 57.8 Å². The fourth-order valence-corrected chi connectivity index (χ4v) is 3.71. The molecule has 98 valence electrons. The SMILES string of the molecule is O=C=NC1CCCC(C2(N=C=O)CCCCC2)C1. The van der Waals surface area contributed by atoms with Crippen LogP contribution >= 0.6 is 0 Å². The minimum atomic E-state index is -0.211. The van der Waals surface area contributed by atoms with Crippen LogP contribution in [0, 0.1) is 5.92 Å². The van der Waals surface area contributed by atoms with E-state index in [2.05, 4.69) is 9.98 Å². The Bertz CT molecular complexity index is 375. The van der Waals surface area contributed by atoms with Crippen molar-refractivity contribution in [1.82, 2.24) is 0 Å². The van der Waals surface area contributed by atoms with Crippen LogP contribution in [0.4, 0.5) is 0 Å². The van der Waals surface area contributed by atoms with Gasteiger partial charge >= 0.3 is 0 Å². The summed E-state index contributed by atoms with van der Waals surface area (Å²) in [4.78, 5) is 29.2. The maximum Gasteiger partial charge on any atom is 0.235 e. The molecule has 0 radical (unpaired) electrons. The average Bonchev–Trinajstić information content (AvgIpc) is 2.41. The Labute approximate surface area is 108 Å². The van der Waals surface area contributed by atoms with Crippen molar-refractivity contribution in [2.45, 2.75) is 69.4 Å². The predicted octanol–water partition coefficient (Wildman–Crippen LogP) is 2.92. The van der Waals surface area contributed by atoms with E-state index < -0.39 is 0 Å². The zero-order valence-corrected chi connectivity index (χ0v) is 10.7. The van der Waals surface area contributed by atoms with Crippen molar-refractivity contribution >= 4 is 12.2 Å². The summed E-state index contributed by atoms with van der Waals surface area (Å²) in [6.07, 6.45) is 13.0. The van der Waals surface area contributed by atoms with Crippen LogP contribution in [0.3, 0.4) is 0 Å². The van der Waals surface area contributed by atoms with Gasteiger partial charge in [-0.05, 0) is 38.0 Å². The Kier molecular flexibility index (Phi) is 4.46. The monoisotopic (exact) mass is 248 g/mol.